The summed E-state index contributed by atoms with van der Waals surface area (Å²) in [4.78, 5) is 25.3. The maximum Gasteiger partial charge on any atom is 0.329 e. The summed E-state index contributed by atoms with van der Waals surface area (Å²) < 4.78 is 0. The highest BCUT2D eigenvalue weighted by Gasteiger charge is 2.48. The second-order valence-electron chi connectivity index (χ2n) is 5.90. The van der Waals surface area contributed by atoms with Gasteiger partial charge in [0.15, 0.2) is 0 Å². The molecule has 1 aliphatic carbocycles. The molecule has 0 heterocycles. The van der Waals surface area contributed by atoms with E-state index in [9.17, 15) is 14.7 Å². The van der Waals surface area contributed by atoms with Crippen molar-refractivity contribution < 1.29 is 14.7 Å². The molecule has 2 atom stereocenters. The van der Waals surface area contributed by atoms with Crippen molar-refractivity contribution in [3.05, 3.63) is 0 Å². The van der Waals surface area contributed by atoms with Crippen LogP contribution in [-0.4, -0.2) is 53.7 Å². The number of aliphatic carboxylic acids is 1. The second kappa shape index (κ2) is 6.92. The second-order valence-corrected chi connectivity index (χ2v) is 5.90. The SMILES string of the molecule is CCC(C)N(C)CCNC(=O)NC(C)(C(=O)O)C1CC1. The van der Waals surface area contributed by atoms with Crippen molar-refractivity contribution in [3.63, 3.8) is 0 Å². The van der Waals surface area contributed by atoms with Gasteiger partial charge in [-0.25, -0.2) is 9.59 Å². The van der Waals surface area contributed by atoms with Gasteiger partial charge in [0.2, 0.25) is 0 Å². The van der Waals surface area contributed by atoms with Crippen LogP contribution in [0, 0.1) is 5.92 Å². The van der Waals surface area contributed by atoms with Crippen LogP contribution in [0.5, 0.6) is 0 Å². The highest BCUT2D eigenvalue weighted by molar-refractivity contribution is 5.86. The Balaban J connectivity index is 2.34. The van der Waals surface area contributed by atoms with Crippen molar-refractivity contribution in [2.75, 3.05) is 20.1 Å². The van der Waals surface area contributed by atoms with Crippen LogP contribution in [0.15, 0.2) is 0 Å². The van der Waals surface area contributed by atoms with E-state index in [-0.39, 0.29) is 5.92 Å². The summed E-state index contributed by atoms with van der Waals surface area (Å²) in [6, 6.07) is 0.0648. The molecule has 2 unspecified atom stereocenters. The Hall–Kier alpha value is -1.30. The third kappa shape index (κ3) is 4.37. The number of likely N-dealkylation sites (N-methyl/N-ethyl adjacent to an activating group) is 1. The van der Waals surface area contributed by atoms with Crippen molar-refractivity contribution in [3.8, 4) is 0 Å². The summed E-state index contributed by atoms with van der Waals surface area (Å²) in [5.41, 5.74) is -1.15. The fourth-order valence-electron chi connectivity index (χ4n) is 2.15. The average Bonchev–Trinajstić information content (AvgIpc) is 3.21. The summed E-state index contributed by atoms with van der Waals surface area (Å²) >= 11 is 0. The van der Waals surface area contributed by atoms with Gasteiger partial charge in [0.25, 0.3) is 0 Å². The molecule has 0 saturated heterocycles. The quantitative estimate of drug-likeness (QED) is 0.627. The molecule has 0 radical (unpaired) electrons. The molecule has 0 bridgehead atoms. The molecule has 1 rings (SSSR count). The number of urea groups is 1. The van der Waals surface area contributed by atoms with E-state index in [2.05, 4.69) is 29.4 Å². The largest absolute Gasteiger partial charge is 0.480 e. The molecular formula is C14H27N3O3. The van der Waals surface area contributed by atoms with Gasteiger partial charge in [0, 0.05) is 19.1 Å². The Labute approximate surface area is 120 Å². The minimum absolute atomic E-state index is 0.0496. The van der Waals surface area contributed by atoms with Crippen molar-refractivity contribution in [1.29, 1.82) is 0 Å². The zero-order valence-electron chi connectivity index (χ0n) is 12.9. The number of rotatable bonds is 8. The van der Waals surface area contributed by atoms with Crippen LogP contribution in [0.2, 0.25) is 0 Å². The first-order valence-corrected chi connectivity index (χ1v) is 7.30. The van der Waals surface area contributed by atoms with Crippen LogP contribution < -0.4 is 10.6 Å². The first-order chi connectivity index (χ1) is 9.31. The standard InChI is InChI=1S/C14H27N3O3/c1-5-10(2)17(4)9-8-15-13(20)16-14(3,12(18)19)11-6-7-11/h10-11H,5-9H2,1-4H3,(H,18,19)(H2,15,16,20). The van der Waals surface area contributed by atoms with Gasteiger partial charge in [-0.05, 0) is 46.1 Å². The molecular weight excluding hydrogens is 258 g/mol. The zero-order chi connectivity index (χ0) is 15.3. The van der Waals surface area contributed by atoms with E-state index in [1.54, 1.807) is 6.92 Å². The van der Waals surface area contributed by atoms with Gasteiger partial charge in [-0.2, -0.15) is 0 Å². The lowest BCUT2D eigenvalue weighted by atomic mass is 9.96. The predicted octanol–water partition coefficient (Wildman–Crippen LogP) is 1.27. The van der Waals surface area contributed by atoms with Gasteiger partial charge in [-0.3, -0.25) is 0 Å². The minimum atomic E-state index is -1.15. The molecule has 2 amide bonds. The molecule has 116 valence electrons. The molecule has 6 nitrogen and oxygen atoms in total. The van der Waals surface area contributed by atoms with E-state index < -0.39 is 17.5 Å². The molecule has 1 aliphatic rings. The third-order valence-corrected chi connectivity index (χ3v) is 4.30. The van der Waals surface area contributed by atoms with Crippen molar-refractivity contribution in [2.24, 2.45) is 5.92 Å². The summed E-state index contributed by atoms with van der Waals surface area (Å²) in [5, 5.41) is 14.6. The lowest BCUT2D eigenvalue weighted by Crippen LogP contribution is -2.57. The van der Waals surface area contributed by atoms with Crippen molar-refractivity contribution >= 4 is 12.0 Å². The number of carbonyl (C=O) groups excluding carboxylic acids is 1. The van der Waals surface area contributed by atoms with E-state index in [0.717, 1.165) is 25.8 Å². The highest BCUT2D eigenvalue weighted by atomic mass is 16.4. The molecule has 0 aromatic carbocycles. The maximum atomic E-state index is 11.8. The topological polar surface area (TPSA) is 81.7 Å². The molecule has 1 fully saturated rings. The number of hydrogen-bond donors (Lipinski definition) is 3. The predicted molar refractivity (Wildman–Crippen MR) is 77.7 cm³/mol. The normalized spacial score (nSPS) is 19.2. The van der Waals surface area contributed by atoms with Gasteiger partial charge >= 0.3 is 12.0 Å². The minimum Gasteiger partial charge on any atom is -0.480 e. The summed E-state index contributed by atoms with van der Waals surface area (Å²) in [7, 11) is 2.01. The zero-order valence-corrected chi connectivity index (χ0v) is 12.9. The summed E-state index contributed by atoms with van der Waals surface area (Å²) in [5.74, 6) is -0.916. The van der Waals surface area contributed by atoms with Crippen LogP contribution in [0.3, 0.4) is 0 Å². The highest BCUT2D eigenvalue weighted by Crippen LogP contribution is 2.39. The lowest BCUT2D eigenvalue weighted by molar-refractivity contribution is -0.144. The lowest BCUT2D eigenvalue weighted by Gasteiger charge is -2.27. The van der Waals surface area contributed by atoms with E-state index in [0.29, 0.717) is 12.6 Å². The first-order valence-electron chi connectivity index (χ1n) is 7.30. The molecule has 3 N–H and O–H groups in total. The van der Waals surface area contributed by atoms with E-state index in [4.69, 9.17) is 0 Å². The maximum absolute atomic E-state index is 11.8. The Morgan fingerprint density at radius 2 is 2.05 bits per heavy atom. The van der Waals surface area contributed by atoms with Gasteiger partial charge in [-0.15, -0.1) is 0 Å². The van der Waals surface area contributed by atoms with Crippen LogP contribution in [0.4, 0.5) is 4.79 Å². The Bertz CT molecular complexity index is 358. The van der Waals surface area contributed by atoms with Gasteiger partial charge in [0.05, 0.1) is 0 Å². The van der Waals surface area contributed by atoms with Crippen LogP contribution in [-0.2, 0) is 4.79 Å². The van der Waals surface area contributed by atoms with Gasteiger partial charge in [-0.1, -0.05) is 6.92 Å². The molecule has 0 aliphatic heterocycles. The number of carboxylic acid groups (broad SMARTS) is 1. The number of amides is 2. The van der Waals surface area contributed by atoms with Crippen molar-refractivity contribution in [1.82, 2.24) is 15.5 Å². The molecule has 0 aromatic heterocycles. The Morgan fingerprint density at radius 1 is 1.45 bits per heavy atom. The monoisotopic (exact) mass is 285 g/mol. The molecule has 6 heteroatoms. The first kappa shape index (κ1) is 16.8. The van der Waals surface area contributed by atoms with Gasteiger partial charge in [0.1, 0.15) is 5.54 Å². The third-order valence-electron chi connectivity index (χ3n) is 4.30. The van der Waals surface area contributed by atoms with Crippen LogP contribution >= 0.6 is 0 Å². The number of nitrogens with zero attached hydrogens (tertiary/aromatic N) is 1. The average molecular weight is 285 g/mol. The number of carbonyl (C=O) groups is 2. The number of carboxylic acids is 1. The molecule has 0 aromatic rings. The fourth-order valence-corrected chi connectivity index (χ4v) is 2.15. The van der Waals surface area contributed by atoms with E-state index in [1.165, 1.54) is 0 Å². The Kier molecular flexibility index (Phi) is 5.80. The summed E-state index contributed by atoms with van der Waals surface area (Å²) in [6.45, 7) is 7.09. The number of nitrogens with one attached hydrogen (secondary N) is 2. The van der Waals surface area contributed by atoms with E-state index >= 15 is 0 Å². The molecule has 0 spiro atoms. The summed E-state index contributed by atoms with van der Waals surface area (Å²) in [6.07, 6.45) is 2.78. The van der Waals surface area contributed by atoms with Crippen molar-refractivity contribution in [2.45, 2.75) is 51.6 Å². The number of hydrogen-bond acceptors (Lipinski definition) is 3. The fraction of sp³-hybridized carbons (Fsp3) is 0.857. The smallest absolute Gasteiger partial charge is 0.329 e. The van der Waals surface area contributed by atoms with Crippen LogP contribution in [0.25, 0.3) is 0 Å². The van der Waals surface area contributed by atoms with Crippen LogP contribution in [0.1, 0.15) is 40.0 Å². The molecule has 1 saturated carbocycles. The Morgan fingerprint density at radius 3 is 2.50 bits per heavy atom. The van der Waals surface area contributed by atoms with E-state index in [1.807, 2.05) is 7.05 Å². The molecule has 20 heavy (non-hydrogen) atoms. The van der Waals surface area contributed by atoms with Gasteiger partial charge < -0.3 is 20.6 Å².